The number of aromatic nitrogens is 3. The topological polar surface area (TPSA) is 67.9 Å². The third-order valence-electron chi connectivity index (χ3n) is 3.26. The van der Waals surface area contributed by atoms with Crippen LogP contribution in [0.25, 0.3) is 11.0 Å². The van der Waals surface area contributed by atoms with Crippen LogP contribution < -0.4 is 10.6 Å². The second kappa shape index (κ2) is 5.51. The van der Waals surface area contributed by atoms with Gasteiger partial charge in [0.2, 0.25) is 0 Å². The highest BCUT2D eigenvalue weighted by atomic mass is 19.2. The second-order valence-corrected chi connectivity index (χ2v) is 4.91. The van der Waals surface area contributed by atoms with E-state index in [1.54, 1.807) is 19.2 Å². The van der Waals surface area contributed by atoms with Gasteiger partial charge in [-0.1, -0.05) is 6.07 Å². The molecule has 0 amide bonds. The summed E-state index contributed by atoms with van der Waals surface area (Å²) in [5, 5.41) is 0.738. The molecule has 0 fully saturated rings. The molecule has 112 valence electrons. The molecule has 0 radical (unpaired) electrons. The average Bonchev–Trinajstić information content (AvgIpc) is 2.50. The summed E-state index contributed by atoms with van der Waals surface area (Å²) in [6.45, 7) is 0.369. The Labute approximate surface area is 125 Å². The van der Waals surface area contributed by atoms with E-state index < -0.39 is 11.6 Å². The third kappa shape index (κ3) is 2.65. The molecular formula is C15H13F2N5. The van der Waals surface area contributed by atoms with Gasteiger partial charge < -0.3 is 10.6 Å². The average molecular weight is 301 g/mol. The van der Waals surface area contributed by atoms with Crippen LogP contribution in [0.3, 0.4) is 0 Å². The number of nitrogens with zero attached hydrogens (tertiary/aromatic N) is 4. The quantitative estimate of drug-likeness (QED) is 0.805. The lowest BCUT2D eigenvalue weighted by Crippen LogP contribution is -2.18. The molecule has 0 atom stereocenters. The van der Waals surface area contributed by atoms with Crippen molar-refractivity contribution in [2.45, 2.75) is 6.54 Å². The minimum Gasteiger partial charge on any atom is -0.384 e. The Bertz CT molecular complexity index is 837. The van der Waals surface area contributed by atoms with Crippen LogP contribution in [-0.2, 0) is 6.54 Å². The van der Waals surface area contributed by atoms with Gasteiger partial charge in [0.25, 0.3) is 0 Å². The Hall–Kier alpha value is -2.83. The van der Waals surface area contributed by atoms with E-state index in [2.05, 4.69) is 15.0 Å². The van der Waals surface area contributed by atoms with E-state index >= 15 is 0 Å². The number of nitrogen functional groups attached to an aromatic ring is 1. The number of fused-ring (bicyclic) bond motifs is 1. The molecule has 0 bridgehead atoms. The predicted molar refractivity (Wildman–Crippen MR) is 80.2 cm³/mol. The Morgan fingerprint density at radius 3 is 2.68 bits per heavy atom. The van der Waals surface area contributed by atoms with Gasteiger partial charge in [-0.2, -0.15) is 0 Å². The maximum Gasteiger partial charge on any atom is 0.166 e. The number of halogens is 2. The Morgan fingerprint density at radius 1 is 1.09 bits per heavy atom. The van der Waals surface area contributed by atoms with Gasteiger partial charge >= 0.3 is 0 Å². The minimum absolute atomic E-state index is 0.369. The fourth-order valence-electron chi connectivity index (χ4n) is 2.23. The summed E-state index contributed by atoms with van der Waals surface area (Å²) in [7, 11) is 1.80. The monoisotopic (exact) mass is 301 g/mol. The van der Waals surface area contributed by atoms with Crippen LogP contribution in [-0.4, -0.2) is 22.0 Å². The van der Waals surface area contributed by atoms with E-state index in [4.69, 9.17) is 5.73 Å². The molecule has 0 aliphatic rings. The van der Waals surface area contributed by atoms with Gasteiger partial charge in [0.05, 0.1) is 5.39 Å². The van der Waals surface area contributed by atoms with Gasteiger partial charge in [0.1, 0.15) is 18.0 Å². The van der Waals surface area contributed by atoms with Crippen LogP contribution in [0.2, 0.25) is 0 Å². The first-order valence-electron chi connectivity index (χ1n) is 6.57. The Kier molecular flexibility index (Phi) is 3.54. The number of hydrogen-bond donors (Lipinski definition) is 1. The molecule has 0 spiro atoms. The number of benzene rings is 1. The van der Waals surface area contributed by atoms with E-state index in [9.17, 15) is 8.78 Å². The Morgan fingerprint density at radius 2 is 1.91 bits per heavy atom. The number of anilines is 2. The van der Waals surface area contributed by atoms with Crippen LogP contribution in [0.1, 0.15) is 5.56 Å². The van der Waals surface area contributed by atoms with Gasteiger partial charge in [-0.15, -0.1) is 0 Å². The maximum absolute atomic E-state index is 13.3. The van der Waals surface area contributed by atoms with Gasteiger partial charge in [-0.25, -0.2) is 23.7 Å². The summed E-state index contributed by atoms with van der Waals surface area (Å²) in [5.74, 6) is -0.714. The molecule has 0 unspecified atom stereocenters. The van der Waals surface area contributed by atoms with Crippen molar-refractivity contribution in [3.63, 3.8) is 0 Å². The number of pyridine rings is 1. The Balaban J connectivity index is 1.94. The molecule has 3 aromatic rings. The first-order chi connectivity index (χ1) is 10.5. The minimum atomic E-state index is -0.868. The SMILES string of the molecule is CN(Cc1ccc(F)c(F)c1)c1ncnc2nc(N)ccc12. The van der Waals surface area contributed by atoms with Crippen molar-refractivity contribution < 1.29 is 8.78 Å². The molecule has 2 N–H and O–H groups in total. The maximum atomic E-state index is 13.3. The van der Waals surface area contributed by atoms with Gasteiger partial charge in [-0.05, 0) is 29.8 Å². The van der Waals surface area contributed by atoms with Crippen molar-refractivity contribution in [1.82, 2.24) is 15.0 Å². The van der Waals surface area contributed by atoms with Crippen LogP contribution in [0.4, 0.5) is 20.4 Å². The summed E-state index contributed by atoms with van der Waals surface area (Å²) in [6.07, 6.45) is 1.39. The highest BCUT2D eigenvalue weighted by Gasteiger charge is 2.11. The first-order valence-corrected chi connectivity index (χ1v) is 6.57. The molecule has 0 saturated heterocycles. The predicted octanol–water partition coefficient (Wildman–Crippen LogP) is 2.52. The molecule has 1 aromatic carbocycles. The molecule has 22 heavy (non-hydrogen) atoms. The largest absolute Gasteiger partial charge is 0.384 e. The van der Waals surface area contributed by atoms with Gasteiger partial charge in [0.15, 0.2) is 17.3 Å². The summed E-state index contributed by atoms with van der Waals surface area (Å²) >= 11 is 0. The van der Waals surface area contributed by atoms with Crippen molar-refractivity contribution in [2.75, 3.05) is 17.7 Å². The molecule has 0 aliphatic heterocycles. The van der Waals surface area contributed by atoms with Crippen LogP contribution in [0, 0.1) is 11.6 Å². The zero-order chi connectivity index (χ0) is 15.7. The molecule has 5 nitrogen and oxygen atoms in total. The number of rotatable bonds is 3. The van der Waals surface area contributed by atoms with Crippen molar-refractivity contribution in [3.05, 3.63) is 53.9 Å². The van der Waals surface area contributed by atoms with E-state index in [1.807, 2.05) is 4.90 Å². The highest BCUT2D eigenvalue weighted by Crippen LogP contribution is 2.23. The fraction of sp³-hybridized carbons (Fsp3) is 0.133. The normalized spacial score (nSPS) is 10.9. The number of hydrogen-bond acceptors (Lipinski definition) is 5. The van der Waals surface area contributed by atoms with E-state index in [1.165, 1.54) is 18.5 Å². The van der Waals surface area contributed by atoms with Crippen LogP contribution in [0.5, 0.6) is 0 Å². The highest BCUT2D eigenvalue weighted by molar-refractivity contribution is 5.87. The second-order valence-electron chi connectivity index (χ2n) is 4.91. The summed E-state index contributed by atoms with van der Waals surface area (Å²) in [5.41, 5.74) is 6.77. The summed E-state index contributed by atoms with van der Waals surface area (Å²) < 4.78 is 26.3. The molecule has 2 aromatic heterocycles. The third-order valence-corrected chi connectivity index (χ3v) is 3.26. The first kappa shape index (κ1) is 14.1. The van der Waals surface area contributed by atoms with E-state index in [0.717, 1.165) is 11.5 Å². The lowest BCUT2D eigenvalue weighted by molar-refractivity contribution is 0.507. The van der Waals surface area contributed by atoms with Crippen molar-refractivity contribution in [2.24, 2.45) is 0 Å². The molecule has 0 saturated carbocycles. The van der Waals surface area contributed by atoms with Gasteiger partial charge in [0, 0.05) is 13.6 Å². The molecule has 0 aliphatic carbocycles. The van der Waals surface area contributed by atoms with Crippen molar-refractivity contribution in [1.29, 1.82) is 0 Å². The zero-order valence-electron chi connectivity index (χ0n) is 11.8. The summed E-state index contributed by atoms with van der Waals surface area (Å²) in [6, 6.07) is 7.27. The fourth-order valence-corrected chi connectivity index (χ4v) is 2.23. The van der Waals surface area contributed by atoms with Crippen LogP contribution in [0.15, 0.2) is 36.7 Å². The van der Waals surface area contributed by atoms with E-state index in [-0.39, 0.29) is 0 Å². The standard InChI is InChI=1S/C15H13F2N5/c1-22(7-9-2-4-11(16)12(17)6-9)15-10-3-5-13(18)21-14(10)19-8-20-15/h2-6,8H,7H2,1H3,(H2,18,19,20,21). The molecule has 3 rings (SSSR count). The van der Waals surface area contributed by atoms with Gasteiger partial charge in [-0.3, -0.25) is 0 Å². The van der Waals surface area contributed by atoms with Crippen molar-refractivity contribution in [3.8, 4) is 0 Å². The molecule has 7 heteroatoms. The smallest absolute Gasteiger partial charge is 0.166 e. The number of nitrogens with two attached hydrogens (primary N) is 1. The van der Waals surface area contributed by atoms with Crippen molar-refractivity contribution >= 4 is 22.7 Å². The lowest BCUT2D eigenvalue weighted by atomic mass is 10.2. The summed E-state index contributed by atoms with van der Waals surface area (Å²) in [4.78, 5) is 14.3. The van der Waals surface area contributed by atoms with E-state index in [0.29, 0.717) is 29.4 Å². The van der Waals surface area contributed by atoms with Crippen LogP contribution >= 0.6 is 0 Å². The lowest BCUT2D eigenvalue weighted by Gasteiger charge is -2.19. The molecule has 2 heterocycles. The molecular weight excluding hydrogens is 288 g/mol. The zero-order valence-corrected chi connectivity index (χ0v) is 11.8.